The Morgan fingerprint density at radius 3 is 2.79 bits per heavy atom. The Kier molecular flexibility index (Phi) is 4.21. The van der Waals surface area contributed by atoms with E-state index in [1.165, 1.54) is 0 Å². The van der Waals surface area contributed by atoms with Crippen molar-refractivity contribution in [1.29, 1.82) is 0 Å². The molecular formula is C13H18N4OS. The van der Waals surface area contributed by atoms with Gasteiger partial charge in [0.25, 0.3) is 0 Å². The molecule has 0 aliphatic rings. The number of ether oxygens (including phenoxy) is 1. The topological polar surface area (TPSA) is 64.3 Å². The number of rotatable bonds is 5. The number of pyridine rings is 1. The second-order valence-corrected chi connectivity index (χ2v) is 5.27. The first-order valence-corrected chi connectivity index (χ1v) is 6.99. The van der Waals surface area contributed by atoms with Crippen LogP contribution in [-0.2, 0) is 6.54 Å². The molecule has 2 heterocycles. The second-order valence-electron chi connectivity index (χ2n) is 4.21. The van der Waals surface area contributed by atoms with Crippen molar-refractivity contribution in [2.45, 2.75) is 20.4 Å². The van der Waals surface area contributed by atoms with Crippen molar-refractivity contribution in [3.8, 4) is 5.88 Å². The highest BCUT2D eigenvalue weighted by Crippen LogP contribution is 2.23. The summed E-state index contributed by atoms with van der Waals surface area (Å²) >= 11 is 1.65. The average molecular weight is 278 g/mol. The Labute approximate surface area is 117 Å². The molecule has 0 atom stereocenters. The maximum Gasteiger partial charge on any atom is 0.239 e. The van der Waals surface area contributed by atoms with Crippen LogP contribution in [0.3, 0.4) is 0 Å². The highest BCUT2D eigenvalue weighted by atomic mass is 32.1. The Hall–Kier alpha value is -1.82. The van der Waals surface area contributed by atoms with E-state index in [2.05, 4.69) is 15.3 Å². The van der Waals surface area contributed by atoms with Gasteiger partial charge in [0, 0.05) is 12.4 Å². The van der Waals surface area contributed by atoms with Crippen LogP contribution in [0, 0.1) is 6.92 Å². The Morgan fingerprint density at radius 2 is 2.16 bits per heavy atom. The minimum absolute atomic E-state index is 0.487. The zero-order valence-electron chi connectivity index (χ0n) is 11.4. The molecule has 0 aliphatic carbocycles. The van der Waals surface area contributed by atoms with Gasteiger partial charge in [0.05, 0.1) is 29.5 Å². The summed E-state index contributed by atoms with van der Waals surface area (Å²) in [5, 5.41) is 3.13. The SMILES string of the molecule is CCOc1nc(N(C)Cc2csc(C)n2)ccc1N. The van der Waals surface area contributed by atoms with Crippen LogP contribution in [0.2, 0.25) is 0 Å². The molecule has 0 aromatic carbocycles. The monoisotopic (exact) mass is 278 g/mol. The Bertz CT molecular complexity index is 555. The third-order valence-corrected chi connectivity index (χ3v) is 3.44. The summed E-state index contributed by atoms with van der Waals surface area (Å²) in [5.74, 6) is 1.31. The predicted molar refractivity (Wildman–Crippen MR) is 78.8 cm³/mol. The molecule has 0 aliphatic heterocycles. The smallest absolute Gasteiger partial charge is 0.239 e. The lowest BCUT2D eigenvalue weighted by molar-refractivity contribution is 0.329. The fourth-order valence-corrected chi connectivity index (χ4v) is 2.32. The molecular weight excluding hydrogens is 260 g/mol. The molecule has 2 aromatic heterocycles. The van der Waals surface area contributed by atoms with Crippen molar-refractivity contribution in [3.05, 3.63) is 28.2 Å². The van der Waals surface area contributed by atoms with Gasteiger partial charge in [-0.1, -0.05) is 0 Å². The van der Waals surface area contributed by atoms with Crippen molar-refractivity contribution < 1.29 is 4.74 Å². The molecule has 0 unspecified atom stereocenters. The minimum atomic E-state index is 0.487. The first kappa shape index (κ1) is 13.6. The van der Waals surface area contributed by atoms with Gasteiger partial charge in [-0.2, -0.15) is 4.98 Å². The van der Waals surface area contributed by atoms with E-state index in [-0.39, 0.29) is 0 Å². The van der Waals surface area contributed by atoms with Crippen LogP contribution >= 0.6 is 11.3 Å². The third-order valence-electron chi connectivity index (χ3n) is 2.61. The van der Waals surface area contributed by atoms with Crippen LogP contribution < -0.4 is 15.4 Å². The molecule has 19 heavy (non-hydrogen) atoms. The van der Waals surface area contributed by atoms with E-state index in [0.717, 1.165) is 16.5 Å². The van der Waals surface area contributed by atoms with Gasteiger partial charge in [0.15, 0.2) is 0 Å². The van der Waals surface area contributed by atoms with Crippen molar-refractivity contribution in [2.24, 2.45) is 0 Å². The van der Waals surface area contributed by atoms with Crippen LogP contribution in [0.25, 0.3) is 0 Å². The van der Waals surface area contributed by atoms with Crippen LogP contribution in [0.4, 0.5) is 11.5 Å². The largest absolute Gasteiger partial charge is 0.476 e. The van der Waals surface area contributed by atoms with Crippen molar-refractivity contribution >= 4 is 22.8 Å². The summed E-state index contributed by atoms with van der Waals surface area (Å²) in [5.41, 5.74) is 7.42. The number of anilines is 2. The summed E-state index contributed by atoms with van der Waals surface area (Å²) in [7, 11) is 1.98. The van der Waals surface area contributed by atoms with Crippen molar-refractivity contribution in [2.75, 3.05) is 24.3 Å². The summed E-state index contributed by atoms with van der Waals surface area (Å²) < 4.78 is 5.41. The summed E-state index contributed by atoms with van der Waals surface area (Å²) in [6.45, 7) is 5.18. The minimum Gasteiger partial charge on any atom is -0.476 e. The standard InChI is InChI=1S/C13H18N4OS/c1-4-18-13-11(14)5-6-12(16-13)17(3)7-10-8-19-9(2)15-10/h5-6,8H,4,7,14H2,1-3H3. The predicted octanol–water partition coefficient (Wildman–Crippen LogP) is 2.46. The van der Waals surface area contributed by atoms with E-state index < -0.39 is 0 Å². The molecule has 0 saturated heterocycles. The second kappa shape index (κ2) is 5.88. The molecule has 102 valence electrons. The molecule has 0 radical (unpaired) electrons. The number of thiazole rings is 1. The van der Waals surface area contributed by atoms with E-state index in [0.29, 0.717) is 24.7 Å². The number of nitrogens with zero attached hydrogens (tertiary/aromatic N) is 3. The lowest BCUT2D eigenvalue weighted by atomic mass is 10.3. The van der Waals surface area contributed by atoms with E-state index in [4.69, 9.17) is 10.5 Å². The molecule has 2 N–H and O–H groups in total. The first-order chi connectivity index (χ1) is 9.10. The van der Waals surface area contributed by atoms with Gasteiger partial charge < -0.3 is 15.4 Å². The van der Waals surface area contributed by atoms with Gasteiger partial charge in [-0.05, 0) is 26.0 Å². The zero-order valence-corrected chi connectivity index (χ0v) is 12.2. The lowest BCUT2D eigenvalue weighted by Gasteiger charge is -2.18. The maximum absolute atomic E-state index is 5.81. The highest BCUT2D eigenvalue weighted by Gasteiger charge is 2.09. The molecule has 0 bridgehead atoms. The Morgan fingerprint density at radius 1 is 1.37 bits per heavy atom. The van der Waals surface area contributed by atoms with Crippen LogP contribution in [0.1, 0.15) is 17.6 Å². The van der Waals surface area contributed by atoms with E-state index in [1.54, 1.807) is 11.3 Å². The van der Waals surface area contributed by atoms with Gasteiger partial charge in [-0.15, -0.1) is 11.3 Å². The summed E-state index contributed by atoms with van der Waals surface area (Å²) in [6, 6.07) is 3.70. The molecule has 6 heteroatoms. The molecule has 0 spiro atoms. The normalized spacial score (nSPS) is 10.5. The van der Waals surface area contributed by atoms with Crippen molar-refractivity contribution in [1.82, 2.24) is 9.97 Å². The van der Waals surface area contributed by atoms with Gasteiger partial charge in [0.2, 0.25) is 5.88 Å². The fourth-order valence-electron chi connectivity index (χ4n) is 1.71. The molecule has 0 fully saturated rings. The third kappa shape index (κ3) is 3.35. The van der Waals surface area contributed by atoms with Gasteiger partial charge in [0.1, 0.15) is 5.82 Å². The number of nitrogens with two attached hydrogens (primary N) is 1. The van der Waals surface area contributed by atoms with E-state index >= 15 is 0 Å². The number of nitrogen functional groups attached to an aromatic ring is 1. The lowest BCUT2D eigenvalue weighted by Crippen LogP contribution is -2.18. The van der Waals surface area contributed by atoms with Crippen LogP contribution in [0.15, 0.2) is 17.5 Å². The number of hydrogen-bond acceptors (Lipinski definition) is 6. The molecule has 2 aromatic rings. The number of aryl methyl sites for hydroxylation is 1. The first-order valence-electron chi connectivity index (χ1n) is 6.11. The van der Waals surface area contributed by atoms with E-state index in [1.807, 2.05) is 37.9 Å². The number of aromatic nitrogens is 2. The van der Waals surface area contributed by atoms with E-state index in [9.17, 15) is 0 Å². The van der Waals surface area contributed by atoms with Gasteiger partial charge in [-0.25, -0.2) is 4.98 Å². The zero-order chi connectivity index (χ0) is 13.8. The maximum atomic E-state index is 5.81. The van der Waals surface area contributed by atoms with Gasteiger partial charge >= 0.3 is 0 Å². The highest BCUT2D eigenvalue weighted by molar-refractivity contribution is 7.09. The summed E-state index contributed by atoms with van der Waals surface area (Å²) in [6.07, 6.45) is 0. The molecule has 0 amide bonds. The van der Waals surface area contributed by atoms with Gasteiger partial charge in [-0.3, -0.25) is 0 Å². The van der Waals surface area contributed by atoms with Crippen LogP contribution in [0.5, 0.6) is 5.88 Å². The fraction of sp³-hybridized carbons (Fsp3) is 0.385. The number of hydrogen-bond donors (Lipinski definition) is 1. The Balaban J connectivity index is 2.14. The molecule has 0 saturated carbocycles. The quantitative estimate of drug-likeness (QED) is 0.910. The summed E-state index contributed by atoms with van der Waals surface area (Å²) in [4.78, 5) is 10.9. The molecule has 2 rings (SSSR count). The average Bonchev–Trinajstić information content (AvgIpc) is 2.77. The van der Waals surface area contributed by atoms with Crippen LogP contribution in [-0.4, -0.2) is 23.6 Å². The van der Waals surface area contributed by atoms with Crippen molar-refractivity contribution in [3.63, 3.8) is 0 Å². The molecule has 5 nitrogen and oxygen atoms in total.